The van der Waals surface area contributed by atoms with Crippen LogP contribution in [0.5, 0.6) is 17.2 Å². The van der Waals surface area contributed by atoms with Crippen molar-refractivity contribution >= 4 is 11.6 Å². The van der Waals surface area contributed by atoms with Crippen LogP contribution in [0.15, 0.2) is 47.0 Å². The monoisotopic (exact) mass is 425 g/mol. The van der Waals surface area contributed by atoms with Crippen LogP contribution in [0.25, 0.3) is 0 Å². The summed E-state index contributed by atoms with van der Waals surface area (Å²) in [5.74, 6) is 2.12. The molecule has 2 aliphatic rings. The number of nitrogens with zero attached hydrogens (tertiary/aromatic N) is 2. The Labute approximate surface area is 181 Å². The number of carbonyl (C=O) groups excluding carboxylic acids is 1. The lowest BCUT2D eigenvalue weighted by atomic mass is 9.97. The Morgan fingerprint density at radius 1 is 1.23 bits per heavy atom. The summed E-state index contributed by atoms with van der Waals surface area (Å²) >= 11 is 0. The van der Waals surface area contributed by atoms with Crippen LogP contribution < -0.4 is 19.5 Å². The summed E-state index contributed by atoms with van der Waals surface area (Å²) in [5.41, 5.74) is 4.70. The number of carbonyl (C=O) groups is 1. The lowest BCUT2D eigenvalue weighted by Crippen LogP contribution is -2.18. The average molecular weight is 425 g/mol. The number of amides is 1. The number of aromatic nitrogens is 2. The minimum absolute atomic E-state index is 0.282. The normalized spacial score (nSPS) is 15.6. The molecule has 0 saturated carbocycles. The number of benzene rings is 1. The third-order valence-corrected chi connectivity index (χ3v) is 5.60. The highest BCUT2D eigenvalue weighted by Gasteiger charge is 2.22. The quantitative estimate of drug-likeness (QED) is 0.755. The fourth-order valence-corrected chi connectivity index (χ4v) is 3.75. The van der Waals surface area contributed by atoms with Crippen molar-refractivity contribution in [2.24, 2.45) is 0 Å². The Balaban J connectivity index is 1.49. The first kappa shape index (κ1) is 20.8. The standard InChI is InChI=1S/C23H27N3O5/c1-5-16-13-31-15(3)19(14(16)2)12-26-11-18(10-24-26)25-23(27)17-8-20(28-4)22-21(9-17)29-6-7-30-22/h8-11H,5-7,12-13H2,1-4H3,(H,25,27). The van der Waals surface area contributed by atoms with Gasteiger partial charge in [0.25, 0.3) is 5.91 Å². The molecule has 1 aromatic heterocycles. The van der Waals surface area contributed by atoms with Crippen LogP contribution in [-0.2, 0) is 11.3 Å². The maximum Gasteiger partial charge on any atom is 0.256 e. The van der Waals surface area contributed by atoms with Gasteiger partial charge in [-0.05, 0) is 43.5 Å². The van der Waals surface area contributed by atoms with Crippen LogP contribution in [0.1, 0.15) is 37.6 Å². The molecule has 0 spiro atoms. The van der Waals surface area contributed by atoms with Crippen molar-refractivity contribution in [3.05, 3.63) is 52.6 Å². The van der Waals surface area contributed by atoms with Crippen molar-refractivity contribution in [1.29, 1.82) is 0 Å². The molecule has 8 nitrogen and oxygen atoms in total. The van der Waals surface area contributed by atoms with Gasteiger partial charge in [0.15, 0.2) is 11.5 Å². The van der Waals surface area contributed by atoms with Gasteiger partial charge in [-0.15, -0.1) is 0 Å². The Hall–Kier alpha value is -3.42. The summed E-state index contributed by atoms with van der Waals surface area (Å²) in [6, 6.07) is 3.30. The van der Waals surface area contributed by atoms with Gasteiger partial charge in [0.2, 0.25) is 5.75 Å². The van der Waals surface area contributed by atoms with Crippen molar-refractivity contribution in [2.45, 2.75) is 33.7 Å². The molecule has 2 aromatic rings. The maximum atomic E-state index is 12.8. The first-order valence-electron chi connectivity index (χ1n) is 10.3. The summed E-state index contributed by atoms with van der Waals surface area (Å²) in [5, 5.41) is 7.28. The van der Waals surface area contributed by atoms with Gasteiger partial charge in [-0.1, -0.05) is 6.92 Å². The molecule has 0 fully saturated rings. The van der Waals surface area contributed by atoms with E-state index in [0.717, 1.165) is 17.8 Å². The number of ether oxygens (including phenoxy) is 4. The van der Waals surface area contributed by atoms with E-state index in [1.54, 1.807) is 29.2 Å². The van der Waals surface area contributed by atoms with Gasteiger partial charge >= 0.3 is 0 Å². The smallest absolute Gasteiger partial charge is 0.256 e. The topological polar surface area (TPSA) is 83.8 Å². The zero-order valence-electron chi connectivity index (χ0n) is 18.3. The molecular formula is C23H27N3O5. The highest BCUT2D eigenvalue weighted by Crippen LogP contribution is 2.40. The molecule has 2 aliphatic heterocycles. The van der Waals surface area contributed by atoms with Crippen molar-refractivity contribution in [1.82, 2.24) is 9.78 Å². The predicted octanol–water partition coefficient (Wildman–Crippen LogP) is 3.95. The third kappa shape index (κ3) is 4.23. The Morgan fingerprint density at radius 3 is 2.81 bits per heavy atom. The van der Waals surface area contributed by atoms with Gasteiger partial charge < -0.3 is 24.3 Å². The van der Waals surface area contributed by atoms with Crippen LogP contribution >= 0.6 is 0 Å². The molecule has 0 aliphatic carbocycles. The van der Waals surface area contributed by atoms with Crippen molar-refractivity contribution in [3.63, 3.8) is 0 Å². The first-order valence-corrected chi connectivity index (χ1v) is 10.3. The van der Waals surface area contributed by atoms with E-state index in [0.29, 0.717) is 54.9 Å². The van der Waals surface area contributed by atoms with E-state index in [9.17, 15) is 4.79 Å². The Bertz CT molecular complexity index is 1050. The van der Waals surface area contributed by atoms with Crippen LogP contribution in [0.3, 0.4) is 0 Å². The van der Waals surface area contributed by atoms with Gasteiger partial charge in [-0.3, -0.25) is 9.48 Å². The second kappa shape index (κ2) is 8.75. The fraction of sp³-hybridized carbons (Fsp3) is 0.391. The Kier molecular flexibility index (Phi) is 5.88. The van der Waals surface area contributed by atoms with Crippen LogP contribution in [0, 0.1) is 0 Å². The summed E-state index contributed by atoms with van der Waals surface area (Å²) in [6.45, 7) is 8.35. The van der Waals surface area contributed by atoms with E-state index in [1.807, 2.05) is 6.92 Å². The third-order valence-electron chi connectivity index (χ3n) is 5.60. The maximum absolute atomic E-state index is 12.8. The number of methoxy groups -OCH3 is 1. The van der Waals surface area contributed by atoms with E-state index in [4.69, 9.17) is 18.9 Å². The molecule has 4 rings (SSSR count). The van der Waals surface area contributed by atoms with E-state index in [-0.39, 0.29) is 5.91 Å². The summed E-state index contributed by atoms with van der Waals surface area (Å²) in [4.78, 5) is 12.8. The molecule has 1 N–H and O–H groups in total. The number of anilines is 1. The zero-order valence-corrected chi connectivity index (χ0v) is 18.3. The molecule has 3 heterocycles. The molecule has 1 amide bonds. The van der Waals surface area contributed by atoms with Gasteiger partial charge in [0.1, 0.15) is 19.8 Å². The minimum atomic E-state index is -0.282. The van der Waals surface area contributed by atoms with Crippen LogP contribution in [0.4, 0.5) is 5.69 Å². The molecule has 0 unspecified atom stereocenters. The summed E-state index contributed by atoms with van der Waals surface area (Å²) in [6.07, 6.45) is 4.40. The second-order valence-electron chi connectivity index (χ2n) is 7.49. The second-order valence-corrected chi connectivity index (χ2v) is 7.49. The molecular weight excluding hydrogens is 398 g/mol. The average Bonchev–Trinajstić information content (AvgIpc) is 3.22. The fourth-order valence-electron chi connectivity index (χ4n) is 3.75. The van der Waals surface area contributed by atoms with Gasteiger partial charge in [0.05, 0.1) is 31.3 Å². The number of rotatable bonds is 6. The number of nitrogens with one attached hydrogen (secondary N) is 1. The highest BCUT2D eigenvalue weighted by atomic mass is 16.6. The SMILES string of the molecule is CCC1=C(C)C(Cn2cc(NC(=O)c3cc(OC)c4c(c3)OCCO4)cn2)=C(C)OC1. The zero-order chi connectivity index (χ0) is 22.0. The minimum Gasteiger partial charge on any atom is -0.494 e. The molecule has 0 saturated heterocycles. The van der Waals surface area contributed by atoms with Gasteiger partial charge in [0, 0.05) is 17.3 Å². The first-order chi connectivity index (χ1) is 15.0. The predicted molar refractivity (Wildman–Crippen MR) is 116 cm³/mol. The Morgan fingerprint density at radius 2 is 2.03 bits per heavy atom. The molecule has 8 heteroatoms. The number of hydrogen-bond donors (Lipinski definition) is 1. The van der Waals surface area contributed by atoms with Crippen molar-refractivity contribution < 1.29 is 23.7 Å². The lowest BCUT2D eigenvalue weighted by Gasteiger charge is -2.23. The molecule has 0 atom stereocenters. The van der Waals surface area contributed by atoms with Crippen molar-refractivity contribution in [2.75, 3.05) is 32.2 Å². The summed E-state index contributed by atoms with van der Waals surface area (Å²) in [7, 11) is 1.53. The largest absolute Gasteiger partial charge is 0.494 e. The number of allylic oxidation sites excluding steroid dienone is 3. The molecule has 31 heavy (non-hydrogen) atoms. The summed E-state index contributed by atoms with van der Waals surface area (Å²) < 4.78 is 24.2. The van der Waals surface area contributed by atoms with Crippen LogP contribution in [0.2, 0.25) is 0 Å². The van der Waals surface area contributed by atoms with Crippen molar-refractivity contribution in [3.8, 4) is 17.2 Å². The van der Waals surface area contributed by atoms with E-state index >= 15 is 0 Å². The molecule has 164 valence electrons. The van der Waals surface area contributed by atoms with E-state index < -0.39 is 0 Å². The molecule has 1 aromatic carbocycles. The molecule has 0 radical (unpaired) electrons. The van der Waals surface area contributed by atoms with E-state index in [1.165, 1.54) is 18.3 Å². The number of hydrogen-bond acceptors (Lipinski definition) is 6. The highest BCUT2D eigenvalue weighted by molar-refractivity contribution is 6.05. The lowest BCUT2D eigenvalue weighted by molar-refractivity contribution is 0.102. The van der Waals surface area contributed by atoms with Gasteiger partial charge in [-0.2, -0.15) is 5.10 Å². The van der Waals surface area contributed by atoms with Gasteiger partial charge in [-0.25, -0.2) is 0 Å². The molecule has 0 bridgehead atoms. The van der Waals surface area contributed by atoms with E-state index in [2.05, 4.69) is 24.3 Å². The number of fused-ring (bicyclic) bond motifs is 1. The van der Waals surface area contributed by atoms with Crippen LogP contribution in [-0.4, -0.2) is 42.6 Å².